The summed E-state index contributed by atoms with van der Waals surface area (Å²) in [4.78, 5) is 22.2. The van der Waals surface area contributed by atoms with Crippen LogP contribution < -0.4 is 5.32 Å². The molecule has 0 aliphatic carbocycles. The number of ether oxygens (including phenoxy) is 1. The molecular weight excluding hydrogens is 326 g/mol. The van der Waals surface area contributed by atoms with E-state index in [-0.39, 0.29) is 18.1 Å². The van der Waals surface area contributed by atoms with E-state index in [1.807, 2.05) is 16.0 Å². The van der Waals surface area contributed by atoms with Crippen LogP contribution in [0.4, 0.5) is 0 Å². The molecule has 3 aromatic rings. The summed E-state index contributed by atoms with van der Waals surface area (Å²) in [5.41, 5.74) is 0.607. The van der Waals surface area contributed by atoms with Crippen molar-refractivity contribution >= 4 is 22.1 Å². The predicted octanol–water partition coefficient (Wildman–Crippen LogP) is 2.26. The molecule has 3 aromatic heterocycles. The summed E-state index contributed by atoms with van der Waals surface area (Å²) < 4.78 is 9.83. The van der Waals surface area contributed by atoms with Crippen molar-refractivity contribution < 1.29 is 9.53 Å². The lowest BCUT2D eigenvalue weighted by Gasteiger charge is -2.32. The number of thiazole rings is 1. The van der Waals surface area contributed by atoms with Crippen molar-refractivity contribution in [3.63, 3.8) is 0 Å². The second-order valence-corrected chi connectivity index (χ2v) is 6.70. The maximum atomic E-state index is 12.7. The predicted molar refractivity (Wildman–Crippen MR) is 90.2 cm³/mol. The van der Waals surface area contributed by atoms with E-state index in [4.69, 9.17) is 4.74 Å². The number of hydrogen-bond donors (Lipinski definition) is 1. The topological polar surface area (TPSA) is 73.4 Å². The molecule has 0 bridgehead atoms. The SMILES string of the molecule is CCn1ccnc1[C@@H]1OCCC[C@H]1NC(=O)c1csc2cncn12. The van der Waals surface area contributed by atoms with Gasteiger partial charge in [-0.2, -0.15) is 0 Å². The first-order valence-electron chi connectivity index (χ1n) is 8.11. The van der Waals surface area contributed by atoms with E-state index in [1.54, 1.807) is 18.7 Å². The van der Waals surface area contributed by atoms with Crippen LogP contribution in [0.3, 0.4) is 0 Å². The Bertz CT molecular complexity index is 852. The van der Waals surface area contributed by atoms with Gasteiger partial charge in [0.2, 0.25) is 0 Å². The molecular formula is C16H19N5O2S. The molecule has 4 heterocycles. The normalized spacial score (nSPS) is 21.2. The van der Waals surface area contributed by atoms with Gasteiger partial charge in [-0.05, 0) is 19.8 Å². The molecule has 1 amide bonds. The summed E-state index contributed by atoms with van der Waals surface area (Å²) in [7, 11) is 0. The molecule has 8 heteroatoms. The molecule has 1 saturated heterocycles. The zero-order valence-corrected chi connectivity index (χ0v) is 14.2. The Labute approximate surface area is 143 Å². The van der Waals surface area contributed by atoms with E-state index >= 15 is 0 Å². The van der Waals surface area contributed by atoms with Crippen LogP contribution in [0.25, 0.3) is 4.83 Å². The van der Waals surface area contributed by atoms with Crippen molar-refractivity contribution in [1.29, 1.82) is 0 Å². The van der Waals surface area contributed by atoms with Crippen LogP contribution in [0.1, 0.15) is 42.2 Å². The van der Waals surface area contributed by atoms with Gasteiger partial charge < -0.3 is 14.6 Å². The van der Waals surface area contributed by atoms with Gasteiger partial charge >= 0.3 is 0 Å². The molecule has 0 spiro atoms. The highest BCUT2D eigenvalue weighted by Gasteiger charge is 2.32. The molecule has 7 nitrogen and oxygen atoms in total. The van der Waals surface area contributed by atoms with Crippen LogP contribution in [-0.2, 0) is 11.3 Å². The molecule has 24 heavy (non-hydrogen) atoms. The zero-order valence-electron chi connectivity index (χ0n) is 13.4. The van der Waals surface area contributed by atoms with Gasteiger partial charge in [0.25, 0.3) is 5.91 Å². The lowest BCUT2D eigenvalue weighted by molar-refractivity contribution is -0.0163. The minimum absolute atomic E-state index is 0.0857. The number of hydrogen-bond acceptors (Lipinski definition) is 5. The first kappa shape index (κ1) is 15.3. The maximum Gasteiger partial charge on any atom is 0.269 e. The monoisotopic (exact) mass is 345 g/mol. The Hall–Kier alpha value is -2.19. The van der Waals surface area contributed by atoms with Crippen molar-refractivity contribution in [2.45, 2.75) is 38.5 Å². The Morgan fingerprint density at radius 1 is 1.54 bits per heavy atom. The first-order chi connectivity index (χ1) is 11.8. The van der Waals surface area contributed by atoms with Crippen LogP contribution in [0.15, 0.2) is 30.3 Å². The van der Waals surface area contributed by atoms with Crippen molar-refractivity contribution in [2.24, 2.45) is 0 Å². The second kappa shape index (κ2) is 6.37. The summed E-state index contributed by atoms with van der Waals surface area (Å²) in [6.45, 7) is 3.59. The second-order valence-electron chi connectivity index (χ2n) is 5.81. The third kappa shape index (κ3) is 2.61. The molecule has 0 radical (unpaired) electrons. The van der Waals surface area contributed by atoms with Gasteiger partial charge in [0.05, 0.1) is 12.2 Å². The molecule has 1 N–H and O–H groups in total. The third-order valence-electron chi connectivity index (χ3n) is 4.37. The van der Waals surface area contributed by atoms with E-state index in [2.05, 4.69) is 26.8 Å². The van der Waals surface area contributed by atoms with Crippen molar-refractivity contribution in [1.82, 2.24) is 24.3 Å². The molecule has 0 saturated carbocycles. The minimum Gasteiger partial charge on any atom is -0.368 e. The number of carbonyl (C=O) groups is 1. The molecule has 1 fully saturated rings. The zero-order chi connectivity index (χ0) is 16.5. The van der Waals surface area contributed by atoms with E-state index in [9.17, 15) is 4.79 Å². The van der Waals surface area contributed by atoms with Gasteiger partial charge in [0.1, 0.15) is 28.8 Å². The summed E-state index contributed by atoms with van der Waals surface area (Å²) in [6, 6.07) is -0.0857. The lowest BCUT2D eigenvalue weighted by Crippen LogP contribution is -2.43. The van der Waals surface area contributed by atoms with Gasteiger partial charge in [0.15, 0.2) is 0 Å². The van der Waals surface area contributed by atoms with Crippen LogP contribution in [0.5, 0.6) is 0 Å². The number of aromatic nitrogens is 4. The van der Waals surface area contributed by atoms with Gasteiger partial charge in [-0.3, -0.25) is 9.20 Å². The summed E-state index contributed by atoms with van der Waals surface area (Å²) >= 11 is 1.51. The molecule has 2 atom stereocenters. The standard InChI is InChI=1S/C16H19N5O2S/c1-2-20-6-5-18-15(20)14-11(4-3-7-23-14)19-16(22)12-9-24-13-8-17-10-21(12)13/h5-6,8-11,14H,2-4,7H2,1H3,(H,19,22)/t11-,14-/m1/s1. The van der Waals surface area contributed by atoms with Crippen LogP contribution in [0, 0.1) is 0 Å². The Balaban J connectivity index is 1.57. The average Bonchev–Trinajstić information content (AvgIpc) is 3.31. The van der Waals surface area contributed by atoms with E-state index < -0.39 is 0 Å². The van der Waals surface area contributed by atoms with E-state index in [0.29, 0.717) is 12.3 Å². The minimum atomic E-state index is -0.213. The summed E-state index contributed by atoms with van der Waals surface area (Å²) in [5.74, 6) is 0.773. The summed E-state index contributed by atoms with van der Waals surface area (Å²) in [6.07, 6.45) is 8.74. The molecule has 0 aromatic carbocycles. The number of amides is 1. The highest BCUT2D eigenvalue weighted by Crippen LogP contribution is 2.28. The third-order valence-corrected chi connectivity index (χ3v) is 5.25. The Morgan fingerprint density at radius 2 is 2.46 bits per heavy atom. The number of rotatable bonds is 4. The number of nitrogens with zero attached hydrogens (tertiary/aromatic N) is 4. The molecule has 1 aliphatic heterocycles. The fraction of sp³-hybridized carbons (Fsp3) is 0.438. The number of aryl methyl sites for hydroxylation is 1. The average molecular weight is 345 g/mol. The van der Waals surface area contributed by atoms with Crippen LogP contribution >= 0.6 is 11.3 Å². The Kier molecular flexibility index (Phi) is 4.07. The largest absolute Gasteiger partial charge is 0.368 e. The van der Waals surface area contributed by atoms with Gasteiger partial charge in [-0.25, -0.2) is 9.97 Å². The van der Waals surface area contributed by atoms with Gasteiger partial charge in [0, 0.05) is 30.9 Å². The number of nitrogens with one attached hydrogen (secondary N) is 1. The van der Waals surface area contributed by atoms with Crippen molar-refractivity contribution in [3.8, 4) is 0 Å². The molecule has 1 aliphatic rings. The number of carbonyl (C=O) groups excluding carboxylic acids is 1. The fourth-order valence-electron chi connectivity index (χ4n) is 3.16. The van der Waals surface area contributed by atoms with E-state index in [0.717, 1.165) is 30.0 Å². The summed E-state index contributed by atoms with van der Waals surface area (Å²) in [5, 5.41) is 4.99. The van der Waals surface area contributed by atoms with E-state index in [1.165, 1.54) is 11.3 Å². The fourth-order valence-corrected chi connectivity index (χ4v) is 3.99. The highest BCUT2D eigenvalue weighted by molar-refractivity contribution is 7.15. The molecule has 0 unspecified atom stereocenters. The quantitative estimate of drug-likeness (QED) is 0.787. The number of imidazole rings is 2. The highest BCUT2D eigenvalue weighted by atomic mass is 32.1. The van der Waals surface area contributed by atoms with Crippen LogP contribution in [-0.4, -0.2) is 37.5 Å². The molecule has 4 rings (SSSR count). The maximum absolute atomic E-state index is 12.7. The first-order valence-corrected chi connectivity index (χ1v) is 8.99. The lowest BCUT2D eigenvalue weighted by atomic mass is 10.0. The Morgan fingerprint density at radius 3 is 3.33 bits per heavy atom. The van der Waals surface area contributed by atoms with Gasteiger partial charge in [-0.15, -0.1) is 11.3 Å². The van der Waals surface area contributed by atoms with Crippen LogP contribution in [0.2, 0.25) is 0 Å². The smallest absolute Gasteiger partial charge is 0.269 e. The van der Waals surface area contributed by atoms with Crippen molar-refractivity contribution in [2.75, 3.05) is 6.61 Å². The van der Waals surface area contributed by atoms with Crippen molar-refractivity contribution in [3.05, 3.63) is 41.8 Å². The molecule has 126 valence electrons. The van der Waals surface area contributed by atoms with Gasteiger partial charge in [-0.1, -0.05) is 0 Å². The number of fused-ring (bicyclic) bond motifs is 1.